The third-order valence-electron chi connectivity index (χ3n) is 5.99. The number of carbonyl (C=O) groups is 3. The van der Waals surface area contributed by atoms with Crippen LogP contribution in [0.4, 0.5) is 0 Å². The van der Waals surface area contributed by atoms with E-state index < -0.39 is 33.8 Å². The molecule has 3 amide bonds. The Balaban J connectivity index is 1.53. The molecule has 11 heteroatoms. The summed E-state index contributed by atoms with van der Waals surface area (Å²) in [6.07, 6.45) is -0.222. The lowest BCUT2D eigenvalue weighted by atomic mass is 10.1. The Kier molecular flexibility index (Phi) is 7.67. The number of hydroxylamine groups is 1. The summed E-state index contributed by atoms with van der Waals surface area (Å²) in [5.41, 5.74) is 1.99. The number of imide groups is 1. The Labute approximate surface area is 214 Å². The Morgan fingerprint density at radius 2 is 1.46 bits per heavy atom. The molecular weight excluding hydrogens is 498 g/mol. The Bertz CT molecular complexity index is 1370. The fourth-order valence-corrected chi connectivity index (χ4v) is 5.80. The van der Waals surface area contributed by atoms with Gasteiger partial charge >= 0.3 is 0 Å². The first-order valence-electron chi connectivity index (χ1n) is 11.5. The van der Waals surface area contributed by atoms with Crippen LogP contribution in [0.25, 0.3) is 0 Å². The van der Waals surface area contributed by atoms with Crippen LogP contribution in [0.15, 0.2) is 83.8 Å². The number of sulfonamides is 1. The average Bonchev–Trinajstić information content (AvgIpc) is 3.16. The van der Waals surface area contributed by atoms with E-state index >= 15 is 0 Å². The number of carbonyl (C=O) groups excluding carboxylic acids is 3. The van der Waals surface area contributed by atoms with Gasteiger partial charge in [-0.05, 0) is 55.0 Å². The van der Waals surface area contributed by atoms with E-state index in [1.165, 1.54) is 41.9 Å². The number of nitrogens with zero attached hydrogens (tertiary/aromatic N) is 2. The molecule has 3 aromatic rings. The van der Waals surface area contributed by atoms with Crippen molar-refractivity contribution < 1.29 is 32.7 Å². The number of likely N-dealkylation sites (N-methyl/N-ethyl adjacent to an activating group) is 1. The van der Waals surface area contributed by atoms with Crippen molar-refractivity contribution in [3.8, 4) is 11.5 Å². The second-order valence-corrected chi connectivity index (χ2v) is 10.1. The molecule has 0 radical (unpaired) electrons. The fourth-order valence-electron chi connectivity index (χ4n) is 4.17. The standard InChI is InChI=1S/C26H25N3O7S/c1-2-29(37(34,35)20-14-12-19(13-15-20)36-18-8-4-3-5-9-18)23(24(30)27-33)16-17-28-25(31)21-10-6-7-11-22(21)26(28)32/h3-15,23,33H,2,16-17H2,1H3,(H,27,30). The maximum Gasteiger partial charge on any atom is 0.261 e. The van der Waals surface area contributed by atoms with Gasteiger partial charge < -0.3 is 4.74 Å². The van der Waals surface area contributed by atoms with Crippen LogP contribution in [0.1, 0.15) is 34.1 Å². The minimum Gasteiger partial charge on any atom is -0.457 e. The lowest BCUT2D eigenvalue weighted by Crippen LogP contribution is -2.50. The Morgan fingerprint density at radius 1 is 0.919 bits per heavy atom. The summed E-state index contributed by atoms with van der Waals surface area (Å²) >= 11 is 0. The molecule has 1 atom stereocenters. The smallest absolute Gasteiger partial charge is 0.261 e. The zero-order chi connectivity index (χ0) is 26.6. The van der Waals surface area contributed by atoms with Crippen LogP contribution in [-0.2, 0) is 14.8 Å². The van der Waals surface area contributed by atoms with Crippen LogP contribution < -0.4 is 10.2 Å². The van der Waals surface area contributed by atoms with E-state index in [0.29, 0.717) is 11.5 Å². The van der Waals surface area contributed by atoms with Crippen molar-refractivity contribution in [3.05, 3.63) is 90.0 Å². The molecule has 4 rings (SSSR count). The lowest BCUT2D eigenvalue weighted by molar-refractivity contribution is -0.133. The van der Waals surface area contributed by atoms with Gasteiger partial charge in [0.1, 0.15) is 17.5 Å². The van der Waals surface area contributed by atoms with Crippen LogP contribution >= 0.6 is 0 Å². The van der Waals surface area contributed by atoms with Crippen molar-refractivity contribution in [1.29, 1.82) is 0 Å². The molecule has 192 valence electrons. The van der Waals surface area contributed by atoms with Crippen LogP contribution in [0.5, 0.6) is 11.5 Å². The molecule has 0 aliphatic carbocycles. The van der Waals surface area contributed by atoms with Gasteiger partial charge in [0.2, 0.25) is 10.0 Å². The molecule has 1 aliphatic rings. The van der Waals surface area contributed by atoms with Gasteiger partial charge in [-0.3, -0.25) is 24.5 Å². The molecule has 1 heterocycles. The first-order chi connectivity index (χ1) is 17.8. The zero-order valence-corrected chi connectivity index (χ0v) is 20.7. The monoisotopic (exact) mass is 523 g/mol. The molecule has 37 heavy (non-hydrogen) atoms. The average molecular weight is 524 g/mol. The Hall–Kier alpha value is -4.06. The maximum atomic E-state index is 13.5. The van der Waals surface area contributed by atoms with Crippen molar-refractivity contribution in [2.75, 3.05) is 13.1 Å². The second kappa shape index (κ2) is 10.9. The maximum absolute atomic E-state index is 13.5. The summed E-state index contributed by atoms with van der Waals surface area (Å²) in [4.78, 5) is 38.8. The van der Waals surface area contributed by atoms with Gasteiger partial charge in [0, 0.05) is 13.1 Å². The fraction of sp³-hybridized carbons (Fsp3) is 0.192. The molecule has 0 spiro atoms. The second-order valence-electron chi connectivity index (χ2n) is 8.18. The summed E-state index contributed by atoms with van der Waals surface area (Å²) in [6, 6.07) is 19.6. The van der Waals surface area contributed by atoms with Crippen LogP contribution in [0.2, 0.25) is 0 Å². The molecule has 3 aromatic carbocycles. The van der Waals surface area contributed by atoms with Gasteiger partial charge in [-0.15, -0.1) is 0 Å². The van der Waals surface area contributed by atoms with E-state index in [4.69, 9.17) is 4.74 Å². The highest BCUT2D eigenvalue weighted by Crippen LogP contribution is 2.27. The first-order valence-corrected chi connectivity index (χ1v) is 13.0. The normalized spacial score (nSPS) is 14.0. The summed E-state index contributed by atoms with van der Waals surface area (Å²) in [7, 11) is -4.20. The van der Waals surface area contributed by atoms with E-state index in [2.05, 4.69) is 0 Å². The van der Waals surface area contributed by atoms with Gasteiger partial charge in [0.25, 0.3) is 17.7 Å². The molecule has 0 bridgehead atoms. The van der Waals surface area contributed by atoms with Crippen LogP contribution in [-0.4, -0.2) is 59.7 Å². The minimum absolute atomic E-state index is 0.0915. The van der Waals surface area contributed by atoms with Crippen molar-refractivity contribution in [3.63, 3.8) is 0 Å². The third-order valence-corrected chi connectivity index (χ3v) is 7.98. The van der Waals surface area contributed by atoms with E-state index in [0.717, 1.165) is 9.21 Å². The summed E-state index contributed by atoms with van der Waals surface area (Å²) in [5, 5.41) is 9.32. The van der Waals surface area contributed by atoms with Gasteiger partial charge in [0.15, 0.2) is 0 Å². The van der Waals surface area contributed by atoms with Crippen LogP contribution in [0, 0.1) is 0 Å². The molecule has 0 saturated carbocycles. The predicted octanol–water partition coefficient (Wildman–Crippen LogP) is 3.05. The van der Waals surface area contributed by atoms with E-state index in [9.17, 15) is 28.0 Å². The SMILES string of the molecule is CCN(C(CCN1C(=O)c2ccccc2C1=O)C(=O)NO)S(=O)(=O)c1ccc(Oc2ccccc2)cc1. The largest absolute Gasteiger partial charge is 0.457 e. The highest BCUT2D eigenvalue weighted by Gasteiger charge is 2.39. The Morgan fingerprint density at radius 3 is 2.00 bits per heavy atom. The number of nitrogens with one attached hydrogen (secondary N) is 1. The number of rotatable bonds is 10. The van der Waals surface area contributed by atoms with Crippen molar-refractivity contribution >= 4 is 27.7 Å². The highest BCUT2D eigenvalue weighted by atomic mass is 32.2. The van der Waals surface area contributed by atoms with Crippen molar-refractivity contribution in [2.45, 2.75) is 24.3 Å². The van der Waals surface area contributed by atoms with E-state index in [1.54, 1.807) is 31.2 Å². The number of fused-ring (bicyclic) bond motifs is 1. The molecule has 2 N–H and O–H groups in total. The quantitative estimate of drug-likeness (QED) is 0.237. The van der Waals surface area contributed by atoms with E-state index in [-0.39, 0.29) is 35.5 Å². The van der Waals surface area contributed by atoms with Crippen molar-refractivity contribution in [2.24, 2.45) is 0 Å². The van der Waals surface area contributed by atoms with Gasteiger partial charge in [0.05, 0.1) is 16.0 Å². The van der Waals surface area contributed by atoms with Crippen LogP contribution in [0.3, 0.4) is 0 Å². The number of hydrogen-bond donors (Lipinski definition) is 2. The predicted molar refractivity (Wildman–Crippen MR) is 133 cm³/mol. The lowest BCUT2D eigenvalue weighted by Gasteiger charge is -2.29. The number of amides is 3. The van der Waals surface area contributed by atoms with Gasteiger partial charge in [-0.2, -0.15) is 4.31 Å². The minimum atomic E-state index is -4.20. The third kappa shape index (κ3) is 5.24. The topological polar surface area (TPSA) is 133 Å². The van der Waals surface area contributed by atoms with E-state index in [1.807, 2.05) is 18.2 Å². The summed E-state index contributed by atoms with van der Waals surface area (Å²) in [6.45, 7) is 1.22. The number of benzene rings is 3. The molecule has 0 fully saturated rings. The summed E-state index contributed by atoms with van der Waals surface area (Å²) in [5.74, 6) is -1.02. The molecule has 10 nitrogen and oxygen atoms in total. The number of para-hydroxylation sites is 1. The summed E-state index contributed by atoms with van der Waals surface area (Å²) < 4.78 is 33.6. The number of hydrogen-bond acceptors (Lipinski definition) is 7. The molecule has 0 saturated heterocycles. The molecular formula is C26H25N3O7S. The first kappa shape index (κ1) is 26.0. The molecule has 1 aliphatic heterocycles. The van der Waals surface area contributed by atoms with Crippen molar-refractivity contribution in [1.82, 2.24) is 14.7 Å². The number of ether oxygens (including phenoxy) is 1. The highest BCUT2D eigenvalue weighted by molar-refractivity contribution is 7.89. The van der Waals surface area contributed by atoms with Gasteiger partial charge in [-0.1, -0.05) is 37.3 Å². The molecule has 1 unspecified atom stereocenters. The molecule has 0 aromatic heterocycles. The van der Waals surface area contributed by atoms with Gasteiger partial charge in [-0.25, -0.2) is 13.9 Å². The zero-order valence-electron chi connectivity index (χ0n) is 19.9.